The van der Waals surface area contributed by atoms with Crippen molar-refractivity contribution in [1.29, 1.82) is 0 Å². The lowest BCUT2D eigenvalue weighted by molar-refractivity contribution is -0.133. The van der Waals surface area contributed by atoms with Crippen molar-refractivity contribution in [2.24, 2.45) is 0 Å². The minimum atomic E-state index is -1.22. The molecule has 0 saturated heterocycles. The number of carbonyl (C=O) groups excluding carboxylic acids is 3. The monoisotopic (exact) mass is 626 g/mol. The third kappa shape index (κ3) is 10.9. The molecule has 1 heterocycles. The van der Waals surface area contributed by atoms with Crippen molar-refractivity contribution in [3.05, 3.63) is 125 Å². The minimum Gasteiger partial charge on any atom is -0.445 e. The Kier molecular flexibility index (Phi) is 12.9. The van der Waals surface area contributed by atoms with Crippen molar-refractivity contribution in [3.8, 4) is 0 Å². The average molecular weight is 627 g/mol. The maximum atomic E-state index is 13.3. The molecule has 242 valence electrons. The van der Waals surface area contributed by atoms with Gasteiger partial charge in [-0.05, 0) is 42.9 Å². The van der Waals surface area contributed by atoms with Gasteiger partial charge >= 0.3 is 6.09 Å². The number of amides is 3. The van der Waals surface area contributed by atoms with Gasteiger partial charge in [0.25, 0.3) is 5.91 Å². The predicted octanol–water partition coefficient (Wildman–Crippen LogP) is 5.46. The summed E-state index contributed by atoms with van der Waals surface area (Å²) in [5.41, 5.74) is 4.16. The summed E-state index contributed by atoms with van der Waals surface area (Å²) in [6.45, 7) is 3.32. The van der Waals surface area contributed by atoms with Crippen LogP contribution in [0.25, 0.3) is 0 Å². The second-order valence-electron chi connectivity index (χ2n) is 11.3. The lowest BCUT2D eigenvalue weighted by Crippen LogP contribution is -2.36. The van der Waals surface area contributed by atoms with Crippen molar-refractivity contribution < 1.29 is 28.6 Å². The zero-order valence-corrected chi connectivity index (χ0v) is 26.4. The Bertz CT molecular complexity index is 1540. The van der Waals surface area contributed by atoms with Gasteiger partial charge in [-0.25, -0.2) is 9.78 Å². The van der Waals surface area contributed by atoms with Crippen LogP contribution in [0, 0.1) is 6.92 Å². The van der Waals surface area contributed by atoms with E-state index < -0.39 is 12.2 Å². The minimum absolute atomic E-state index is 0.0250. The van der Waals surface area contributed by atoms with E-state index in [4.69, 9.17) is 9.15 Å². The number of aliphatic hydroxyl groups excluding tert-OH is 1. The summed E-state index contributed by atoms with van der Waals surface area (Å²) in [5, 5.41) is 13.7. The van der Waals surface area contributed by atoms with E-state index in [1.165, 1.54) is 11.2 Å². The van der Waals surface area contributed by atoms with Gasteiger partial charge in [-0.3, -0.25) is 9.59 Å². The summed E-state index contributed by atoms with van der Waals surface area (Å²) in [7, 11) is 1.68. The van der Waals surface area contributed by atoms with Crippen LogP contribution in [-0.4, -0.2) is 64.5 Å². The van der Waals surface area contributed by atoms with Crippen molar-refractivity contribution in [1.82, 2.24) is 20.1 Å². The highest BCUT2D eigenvalue weighted by Crippen LogP contribution is 2.18. The van der Waals surface area contributed by atoms with E-state index in [0.29, 0.717) is 38.9 Å². The first-order valence-corrected chi connectivity index (χ1v) is 15.5. The van der Waals surface area contributed by atoms with Crippen molar-refractivity contribution >= 4 is 17.9 Å². The molecular formula is C36H42N4O6. The van der Waals surface area contributed by atoms with Crippen LogP contribution in [0.15, 0.2) is 95.6 Å². The van der Waals surface area contributed by atoms with Crippen molar-refractivity contribution in [3.63, 3.8) is 0 Å². The number of aryl methyl sites for hydroxylation is 1. The molecule has 3 aromatic carbocycles. The molecule has 0 bridgehead atoms. The first kappa shape index (κ1) is 33.9. The number of aromatic nitrogens is 1. The van der Waals surface area contributed by atoms with Crippen LogP contribution >= 0.6 is 0 Å². The molecule has 1 unspecified atom stereocenters. The summed E-state index contributed by atoms with van der Waals surface area (Å²) in [5.74, 6) is -0.497. The SMILES string of the molecule is Cc1cccc(CCN(CC(O)c2nc(C(=O)N(C)Cc3ccccc3)co2)C(=O)CCCCNC(=O)OCc2ccccc2)c1. The summed E-state index contributed by atoms with van der Waals surface area (Å²) in [6, 6.07) is 27.1. The highest BCUT2D eigenvalue weighted by Gasteiger charge is 2.24. The Morgan fingerprint density at radius 2 is 1.63 bits per heavy atom. The lowest BCUT2D eigenvalue weighted by atomic mass is 10.1. The molecular weight excluding hydrogens is 584 g/mol. The zero-order valence-electron chi connectivity index (χ0n) is 26.4. The maximum Gasteiger partial charge on any atom is 0.407 e. The molecule has 10 nitrogen and oxygen atoms in total. The van der Waals surface area contributed by atoms with Crippen molar-refractivity contribution in [2.45, 2.75) is 51.9 Å². The van der Waals surface area contributed by atoms with Crippen LogP contribution in [-0.2, 0) is 29.1 Å². The Morgan fingerprint density at radius 1 is 0.935 bits per heavy atom. The van der Waals surface area contributed by atoms with E-state index in [-0.39, 0.29) is 43.0 Å². The third-order valence-electron chi connectivity index (χ3n) is 7.43. The van der Waals surface area contributed by atoms with Gasteiger partial charge in [-0.1, -0.05) is 90.5 Å². The van der Waals surface area contributed by atoms with Gasteiger partial charge in [0.2, 0.25) is 11.8 Å². The number of alkyl carbamates (subject to hydrolysis) is 1. The molecule has 10 heteroatoms. The van der Waals surface area contributed by atoms with Crippen LogP contribution in [0.3, 0.4) is 0 Å². The Labute approximate surface area is 270 Å². The van der Waals surface area contributed by atoms with Gasteiger partial charge in [0.15, 0.2) is 5.69 Å². The first-order valence-electron chi connectivity index (χ1n) is 15.5. The van der Waals surface area contributed by atoms with Gasteiger partial charge in [0.1, 0.15) is 19.0 Å². The van der Waals surface area contributed by atoms with Gasteiger partial charge < -0.3 is 29.4 Å². The number of rotatable bonds is 16. The maximum absolute atomic E-state index is 13.3. The molecule has 4 rings (SSSR count). The van der Waals surface area contributed by atoms with Gasteiger partial charge in [0, 0.05) is 33.1 Å². The fraction of sp³-hybridized carbons (Fsp3) is 0.333. The lowest BCUT2D eigenvalue weighted by Gasteiger charge is -2.25. The van der Waals surface area contributed by atoms with Crippen LogP contribution < -0.4 is 5.32 Å². The summed E-state index contributed by atoms with van der Waals surface area (Å²) < 4.78 is 10.7. The van der Waals surface area contributed by atoms with Crippen LogP contribution in [0.2, 0.25) is 0 Å². The Morgan fingerprint density at radius 3 is 2.35 bits per heavy atom. The number of hydrogen-bond acceptors (Lipinski definition) is 7. The van der Waals surface area contributed by atoms with Crippen LogP contribution in [0.5, 0.6) is 0 Å². The Hall–Kier alpha value is -4.96. The van der Waals surface area contributed by atoms with E-state index in [1.54, 1.807) is 11.9 Å². The van der Waals surface area contributed by atoms with Gasteiger partial charge in [-0.15, -0.1) is 0 Å². The zero-order chi connectivity index (χ0) is 32.7. The van der Waals surface area contributed by atoms with E-state index in [9.17, 15) is 19.5 Å². The molecule has 0 aliphatic heterocycles. The standard InChI is InChI=1S/C36H42N4O6/c1-27-12-11-17-28(22-27)19-21-40(33(42)18-9-10-20-37-36(44)46-25-30-15-7-4-8-16-30)24-32(41)34-38-31(26-45-34)35(43)39(2)23-29-13-5-3-6-14-29/h3-8,11-17,22,26,32,41H,9-10,18-21,23-25H2,1-2H3,(H,37,44). The second kappa shape index (κ2) is 17.5. The highest BCUT2D eigenvalue weighted by atomic mass is 16.5. The average Bonchev–Trinajstić information content (AvgIpc) is 3.56. The highest BCUT2D eigenvalue weighted by molar-refractivity contribution is 5.91. The van der Waals surface area contributed by atoms with E-state index in [0.717, 1.165) is 22.3 Å². The third-order valence-corrected chi connectivity index (χ3v) is 7.43. The van der Waals surface area contributed by atoms with E-state index in [1.807, 2.05) is 85.8 Å². The number of nitrogens with zero attached hydrogens (tertiary/aromatic N) is 3. The molecule has 46 heavy (non-hydrogen) atoms. The van der Waals surface area contributed by atoms with Gasteiger partial charge in [0.05, 0.1) is 6.54 Å². The van der Waals surface area contributed by atoms with Crippen LogP contribution in [0.4, 0.5) is 4.79 Å². The first-order chi connectivity index (χ1) is 22.3. The number of aliphatic hydroxyl groups is 1. The topological polar surface area (TPSA) is 125 Å². The molecule has 0 radical (unpaired) electrons. The predicted molar refractivity (Wildman–Crippen MR) is 174 cm³/mol. The molecule has 3 amide bonds. The molecule has 1 aromatic heterocycles. The van der Waals surface area contributed by atoms with E-state index in [2.05, 4.69) is 16.4 Å². The molecule has 0 aliphatic carbocycles. The number of unbranched alkanes of at least 4 members (excludes halogenated alkanes) is 1. The normalized spacial score (nSPS) is 11.5. The number of nitrogens with one attached hydrogen (secondary N) is 1. The molecule has 2 N–H and O–H groups in total. The fourth-order valence-corrected chi connectivity index (χ4v) is 4.92. The smallest absolute Gasteiger partial charge is 0.407 e. The summed E-state index contributed by atoms with van der Waals surface area (Å²) in [4.78, 5) is 45.7. The van der Waals surface area contributed by atoms with Crippen LogP contribution in [0.1, 0.15) is 64.0 Å². The molecule has 0 spiro atoms. The largest absolute Gasteiger partial charge is 0.445 e. The van der Waals surface area contributed by atoms with Crippen molar-refractivity contribution in [2.75, 3.05) is 26.7 Å². The fourth-order valence-electron chi connectivity index (χ4n) is 4.92. The molecule has 0 saturated carbocycles. The number of hydrogen-bond donors (Lipinski definition) is 2. The summed E-state index contributed by atoms with van der Waals surface area (Å²) in [6.07, 6.45) is 1.48. The van der Waals surface area contributed by atoms with E-state index >= 15 is 0 Å². The molecule has 1 atom stereocenters. The molecule has 0 fully saturated rings. The number of carbonyl (C=O) groups is 3. The van der Waals surface area contributed by atoms with Gasteiger partial charge in [-0.2, -0.15) is 0 Å². The number of oxazole rings is 1. The second-order valence-corrected chi connectivity index (χ2v) is 11.3. The molecule has 4 aromatic rings. The number of benzene rings is 3. The molecule has 0 aliphatic rings. The quantitative estimate of drug-likeness (QED) is 0.158. The Balaban J connectivity index is 1.29. The summed E-state index contributed by atoms with van der Waals surface area (Å²) >= 11 is 0. The number of ether oxygens (including phenoxy) is 1.